The monoisotopic (exact) mass is 496 g/mol. The van der Waals surface area contributed by atoms with Gasteiger partial charge in [0.15, 0.2) is 9.84 Å². The highest BCUT2D eigenvalue weighted by Gasteiger charge is 2.45. The Hall–Kier alpha value is -3.09. The maximum Gasteiger partial charge on any atom is 0.321 e. The van der Waals surface area contributed by atoms with E-state index in [4.69, 9.17) is 10.00 Å². The maximum atomic E-state index is 12.9. The molecule has 2 unspecified atom stereocenters. The number of benzene rings is 2. The van der Waals surface area contributed by atoms with Crippen LogP contribution in [0.3, 0.4) is 0 Å². The zero-order chi connectivity index (χ0) is 25.0. The van der Waals surface area contributed by atoms with Crippen LogP contribution in [0.4, 0.5) is 10.5 Å². The van der Waals surface area contributed by atoms with Crippen molar-refractivity contribution in [2.75, 3.05) is 44.9 Å². The summed E-state index contributed by atoms with van der Waals surface area (Å²) in [6.07, 6.45) is 2.71. The van der Waals surface area contributed by atoms with Gasteiger partial charge in [-0.15, -0.1) is 0 Å². The summed E-state index contributed by atoms with van der Waals surface area (Å²) in [4.78, 5) is 17.4. The molecule has 2 fully saturated rings. The number of likely N-dealkylation sites (tertiary alicyclic amines) is 1. The molecule has 9 heteroatoms. The van der Waals surface area contributed by atoms with E-state index in [1.807, 2.05) is 42.3 Å². The largest absolute Gasteiger partial charge is 0.497 e. The molecule has 0 spiro atoms. The molecule has 0 aromatic heterocycles. The molecule has 2 aromatic carbocycles. The molecule has 35 heavy (non-hydrogen) atoms. The van der Waals surface area contributed by atoms with Gasteiger partial charge in [-0.2, -0.15) is 5.26 Å². The quantitative estimate of drug-likeness (QED) is 0.599. The lowest BCUT2D eigenvalue weighted by molar-refractivity contribution is 0.0808. The zero-order valence-electron chi connectivity index (χ0n) is 20.2. The van der Waals surface area contributed by atoms with Gasteiger partial charge in [-0.25, -0.2) is 13.2 Å². The van der Waals surface area contributed by atoms with E-state index in [1.165, 1.54) is 24.3 Å². The summed E-state index contributed by atoms with van der Waals surface area (Å²) in [5.74, 6) is 1.59. The van der Waals surface area contributed by atoms with Crippen LogP contribution in [0.1, 0.15) is 24.8 Å². The van der Waals surface area contributed by atoms with Crippen LogP contribution in [0.15, 0.2) is 53.4 Å². The van der Waals surface area contributed by atoms with Crippen LogP contribution in [0, 0.1) is 23.2 Å². The minimum atomic E-state index is -3.37. The van der Waals surface area contributed by atoms with Crippen LogP contribution in [0.25, 0.3) is 0 Å². The number of amides is 2. The molecule has 1 aliphatic carbocycles. The summed E-state index contributed by atoms with van der Waals surface area (Å²) < 4.78 is 30.5. The minimum Gasteiger partial charge on any atom is -0.497 e. The highest BCUT2D eigenvalue weighted by atomic mass is 32.2. The second-order valence-electron chi connectivity index (χ2n) is 9.43. The standard InChI is InChI=1S/C26H32N4O4S/c1-29(26(31)28-22-8-10-23(34-2)11-9-22)25-20-6-7-21(25)18-30(17-20)14-3-15-35(32,33)24-12-4-19(16-27)5-13-24/h4-5,8-13,20-21,25H,3,6-7,14-15,17-18H2,1-2H3,(H,28,31). The molecule has 1 N–H and O–H groups in total. The Bertz CT molecular complexity index is 1160. The van der Waals surface area contributed by atoms with Gasteiger partial charge in [-0.1, -0.05) is 0 Å². The fourth-order valence-corrected chi connectivity index (χ4v) is 6.76. The first-order chi connectivity index (χ1) is 16.8. The molecule has 2 aliphatic rings. The van der Waals surface area contributed by atoms with Crippen molar-refractivity contribution in [3.8, 4) is 11.8 Å². The first kappa shape index (κ1) is 25.0. The van der Waals surface area contributed by atoms with E-state index < -0.39 is 9.84 Å². The van der Waals surface area contributed by atoms with E-state index in [9.17, 15) is 13.2 Å². The van der Waals surface area contributed by atoms with Gasteiger partial charge < -0.3 is 19.9 Å². The van der Waals surface area contributed by atoms with Crippen molar-refractivity contribution in [1.82, 2.24) is 9.80 Å². The van der Waals surface area contributed by atoms with E-state index in [1.54, 1.807) is 7.11 Å². The number of hydrogen-bond donors (Lipinski definition) is 1. The van der Waals surface area contributed by atoms with Crippen molar-refractivity contribution < 1.29 is 17.9 Å². The van der Waals surface area contributed by atoms with Crippen molar-refractivity contribution in [3.05, 3.63) is 54.1 Å². The van der Waals surface area contributed by atoms with Crippen molar-refractivity contribution in [2.24, 2.45) is 11.8 Å². The highest BCUT2D eigenvalue weighted by Crippen LogP contribution is 2.40. The predicted molar refractivity (Wildman–Crippen MR) is 134 cm³/mol. The van der Waals surface area contributed by atoms with Crippen LogP contribution in [-0.4, -0.2) is 69.8 Å². The smallest absolute Gasteiger partial charge is 0.321 e. The summed E-state index contributed by atoms with van der Waals surface area (Å²) in [7, 11) is 0.106. The lowest BCUT2D eigenvalue weighted by Crippen LogP contribution is -2.54. The molecule has 2 bridgehead atoms. The number of nitriles is 1. The number of ether oxygens (including phenoxy) is 1. The molecular formula is C26H32N4O4S. The number of nitrogens with one attached hydrogen (secondary N) is 1. The van der Waals surface area contributed by atoms with Crippen molar-refractivity contribution in [3.63, 3.8) is 0 Å². The molecule has 2 aromatic rings. The molecule has 8 nitrogen and oxygen atoms in total. The van der Waals surface area contributed by atoms with E-state index in [0.717, 1.165) is 43.9 Å². The fourth-order valence-electron chi connectivity index (χ4n) is 5.46. The molecule has 2 atom stereocenters. The number of hydrogen-bond acceptors (Lipinski definition) is 6. The lowest BCUT2D eigenvalue weighted by Gasteiger charge is -2.42. The molecular weight excluding hydrogens is 464 g/mol. The first-order valence-electron chi connectivity index (χ1n) is 11.9. The second kappa shape index (κ2) is 10.7. The summed E-state index contributed by atoms with van der Waals surface area (Å²) in [6, 6.07) is 15.5. The van der Waals surface area contributed by atoms with Gasteiger partial charge in [0.25, 0.3) is 0 Å². The van der Waals surface area contributed by atoms with Gasteiger partial charge in [0, 0.05) is 31.9 Å². The van der Waals surface area contributed by atoms with Crippen LogP contribution >= 0.6 is 0 Å². The number of sulfone groups is 1. The van der Waals surface area contributed by atoms with Crippen LogP contribution in [0.5, 0.6) is 5.75 Å². The van der Waals surface area contributed by atoms with Gasteiger partial charge in [-0.3, -0.25) is 0 Å². The zero-order valence-corrected chi connectivity index (χ0v) is 21.0. The third kappa shape index (κ3) is 5.77. The molecule has 2 amide bonds. The van der Waals surface area contributed by atoms with Gasteiger partial charge in [0.2, 0.25) is 0 Å². The van der Waals surface area contributed by atoms with Gasteiger partial charge in [0.1, 0.15) is 5.75 Å². The predicted octanol–water partition coefficient (Wildman–Crippen LogP) is 3.60. The number of carbonyl (C=O) groups is 1. The fraction of sp³-hybridized carbons (Fsp3) is 0.462. The molecule has 186 valence electrons. The van der Waals surface area contributed by atoms with Crippen molar-refractivity contribution >= 4 is 21.6 Å². The number of anilines is 1. The van der Waals surface area contributed by atoms with Crippen molar-refractivity contribution in [1.29, 1.82) is 5.26 Å². The maximum absolute atomic E-state index is 12.9. The summed E-state index contributed by atoms with van der Waals surface area (Å²) in [5.41, 5.74) is 1.18. The molecule has 1 heterocycles. The van der Waals surface area contributed by atoms with E-state index in [-0.39, 0.29) is 22.7 Å². The summed E-state index contributed by atoms with van der Waals surface area (Å²) >= 11 is 0. The Balaban J connectivity index is 1.28. The average Bonchev–Trinajstić information content (AvgIpc) is 3.13. The van der Waals surface area contributed by atoms with Gasteiger partial charge in [-0.05, 0) is 86.2 Å². The number of carbonyl (C=O) groups excluding carboxylic acids is 1. The number of fused-ring (bicyclic) bond motifs is 2. The number of urea groups is 1. The van der Waals surface area contributed by atoms with Gasteiger partial charge >= 0.3 is 6.03 Å². The Morgan fingerprint density at radius 2 is 1.74 bits per heavy atom. The molecule has 1 saturated carbocycles. The van der Waals surface area contributed by atoms with E-state index in [0.29, 0.717) is 23.8 Å². The third-order valence-corrected chi connectivity index (χ3v) is 9.01. The van der Waals surface area contributed by atoms with Gasteiger partial charge in [0.05, 0.1) is 29.4 Å². The number of piperidine rings is 1. The summed E-state index contributed by atoms with van der Waals surface area (Å²) in [5, 5.41) is 11.9. The Kier molecular flexibility index (Phi) is 7.63. The second-order valence-corrected chi connectivity index (χ2v) is 11.5. The van der Waals surface area contributed by atoms with E-state index >= 15 is 0 Å². The first-order valence-corrected chi connectivity index (χ1v) is 13.6. The molecule has 0 radical (unpaired) electrons. The average molecular weight is 497 g/mol. The molecule has 1 saturated heterocycles. The van der Waals surface area contributed by atoms with Crippen LogP contribution in [0.2, 0.25) is 0 Å². The topological polar surface area (TPSA) is 103 Å². The Labute approximate surface area is 207 Å². The molecule has 4 rings (SSSR count). The van der Waals surface area contributed by atoms with Crippen molar-refractivity contribution in [2.45, 2.75) is 30.2 Å². The third-order valence-electron chi connectivity index (χ3n) is 7.20. The minimum absolute atomic E-state index is 0.0817. The summed E-state index contributed by atoms with van der Waals surface area (Å²) in [6.45, 7) is 2.47. The number of methoxy groups -OCH3 is 1. The highest BCUT2D eigenvalue weighted by molar-refractivity contribution is 7.91. The Morgan fingerprint density at radius 1 is 1.11 bits per heavy atom. The van der Waals surface area contributed by atoms with Crippen LogP contribution in [-0.2, 0) is 9.84 Å². The van der Waals surface area contributed by atoms with Crippen LogP contribution < -0.4 is 10.1 Å². The number of rotatable bonds is 8. The Morgan fingerprint density at radius 3 is 2.31 bits per heavy atom. The molecule has 1 aliphatic heterocycles. The van der Waals surface area contributed by atoms with E-state index in [2.05, 4.69) is 10.2 Å². The SMILES string of the molecule is COc1ccc(NC(=O)N(C)C2C3CCC2CN(CCCS(=O)(=O)c2ccc(C#N)cc2)C3)cc1. The number of nitrogens with zero attached hydrogens (tertiary/aromatic N) is 3. The lowest BCUT2D eigenvalue weighted by atomic mass is 9.91. The normalized spacial score (nSPS) is 21.8.